The number of carbonyl (C=O) groups is 2. The van der Waals surface area contributed by atoms with E-state index in [0.29, 0.717) is 6.42 Å². The third-order valence-corrected chi connectivity index (χ3v) is 5.88. The van der Waals surface area contributed by atoms with Crippen LogP contribution in [0.2, 0.25) is 0 Å². The Bertz CT molecular complexity index is 743. The van der Waals surface area contributed by atoms with Crippen LogP contribution in [0.5, 0.6) is 5.75 Å². The molecule has 0 spiro atoms. The molecule has 2 fully saturated rings. The number of hydrazine groups is 1. The lowest BCUT2D eigenvalue weighted by molar-refractivity contribution is -0.138. The molecule has 2 aliphatic heterocycles. The highest BCUT2D eigenvalue weighted by atomic mass is 16.5. The number of amides is 2. The predicted molar refractivity (Wildman–Crippen MR) is 105 cm³/mol. The Labute approximate surface area is 165 Å². The van der Waals surface area contributed by atoms with Gasteiger partial charge < -0.3 is 20.0 Å². The maximum Gasteiger partial charge on any atom is 0.251 e. The highest BCUT2D eigenvalue weighted by molar-refractivity contribution is 5.89. The monoisotopic (exact) mass is 384 g/mol. The number of fused-ring (bicyclic) bond motifs is 1. The van der Waals surface area contributed by atoms with Gasteiger partial charge in [0, 0.05) is 18.4 Å². The summed E-state index contributed by atoms with van der Waals surface area (Å²) in [5, 5.41) is 4.94. The Hall–Kier alpha value is -2.54. The van der Waals surface area contributed by atoms with E-state index >= 15 is 0 Å². The number of ether oxygens (including phenoxy) is 1. The molecule has 150 valence electrons. The number of hydrogen-bond acceptors (Lipinski definition) is 5. The summed E-state index contributed by atoms with van der Waals surface area (Å²) in [7, 11) is 1.64. The van der Waals surface area contributed by atoms with E-state index in [0.717, 1.165) is 24.2 Å². The number of methoxy groups -OCH3 is 1. The molecule has 2 heterocycles. The molecule has 2 amide bonds. The van der Waals surface area contributed by atoms with Gasteiger partial charge in [-0.15, -0.1) is 0 Å². The van der Waals surface area contributed by atoms with Crippen molar-refractivity contribution in [2.24, 2.45) is 0 Å². The second-order valence-corrected chi connectivity index (χ2v) is 7.78. The van der Waals surface area contributed by atoms with Crippen molar-refractivity contribution in [2.45, 2.75) is 56.7 Å². The van der Waals surface area contributed by atoms with Gasteiger partial charge in [-0.25, -0.2) is 5.43 Å². The van der Waals surface area contributed by atoms with E-state index in [2.05, 4.69) is 10.7 Å². The van der Waals surface area contributed by atoms with E-state index in [1.165, 1.54) is 24.2 Å². The molecule has 2 atom stereocenters. The first-order valence-electron chi connectivity index (χ1n) is 10.1. The summed E-state index contributed by atoms with van der Waals surface area (Å²) in [6.45, 7) is 0.0867. The average molecular weight is 384 g/mol. The first-order chi connectivity index (χ1) is 13.6. The van der Waals surface area contributed by atoms with Crippen molar-refractivity contribution in [2.75, 3.05) is 13.7 Å². The van der Waals surface area contributed by atoms with Gasteiger partial charge in [0.25, 0.3) is 5.91 Å². The number of nitrogens with one attached hydrogen (secondary N) is 2. The smallest absolute Gasteiger partial charge is 0.251 e. The van der Waals surface area contributed by atoms with Crippen LogP contribution < -0.4 is 15.5 Å². The molecule has 1 aliphatic carbocycles. The third kappa shape index (κ3) is 3.99. The van der Waals surface area contributed by atoms with Gasteiger partial charge in [0.2, 0.25) is 5.91 Å². The average Bonchev–Trinajstić information content (AvgIpc) is 3.16. The van der Waals surface area contributed by atoms with Crippen LogP contribution >= 0.6 is 0 Å². The minimum Gasteiger partial charge on any atom is -0.497 e. The molecule has 7 heteroatoms. The van der Waals surface area contributed by atoms with Crippen molar-refractivity contribution in [1.29, 1.82) is 0 Å². The van der Waals surface area contributed by atoms with Gasteiger partial charge in [0.15, 0.2) is 0 Å². The summed E-state index contributed by atoms with van der Waals surface area (Å²) in [6, 6.07) is 7.90. The zero-order valence-corrected chi connectivity index (χ0v) is 16.3. The van der Waals surface area contributed by atoms with E-state index in [1.54, 1.807) is 13.3 Å². The van der Waals surface area contributed by atoms with Gasteiger partial charge >= 0.3 is 0 Å². The predicted octanol–water partition coefficient (Wildman–Crippen LogP) is 2.08. The molecule has 1 aromatic rings. The summed E-state index contributed by atoms with van der Waals surface area (Å²) < 4.78 is 5.21. The van der Waals surface area contributed by atoms with Crippen molar-refractivity contribution in [3.05, 3.63) is 42.2 Å². The Balaban J connectivity index is 1.35. The molecule has 0 radical (unpaired) electrons. The third-order valence-electron chi connectivity index (χ3n) is 5.88. The van der Waals surface area contributed by atoms with Gasteiger partial charge in [-0.3, -0.25) is 9.59 Å². The van der Waals surface area contributed by atoms with E-state index < -0.39 is 0 Å². The van der Waals surface area contributed by atoms with Gasteiger partial charge in [0.05, 0.1) is 13.2 Å². The van der Waals surface area contributed by atoms with Crippen LogP contribution in [-0.4, -0.2) is 47.5 Å². The standard InChI is InChI=1S/C21H28N4O3/c1-28-17-9-7-15(8-10-17)18-13-19-21(27)24(11-12-25(19)23-18)14-20(26)22-16-5-3-2-4-6-16/h7-12,16,18-19,23H,2-6,13-14H2,1H3,(H,22,26). The normalized spacial score (nSPS) is 25.0. The molecule has 28 heavy (non-hydrogen) atoms. The molecule has 0 aromatic heterocycles. The summed E-state index contributed by atoms with van der Waals surface area (Å²) in [6.07, 6.45) is 9.88. The van der Waals surface area contributed by atoms with Gasteiger partial charge in [0.1, 0.15) is 18.3 Å². The van der Waals surface area contributed by atoms with E-state index in [9.17, 15) is 9.59 Å². The molecule has 0 bridgehead atoms. The first kappa shape index (κ1) is 18.8. The minimum absolute atomic E-state index is 0.0372. The number of hydrogen-bond donors (Lipinski definition) is 2. The maximum atomic E-state index is 12.9. The van der Waals surface area contributed by atoms with Crippen molar-refractivity contribution in [3.8, 4) is 5.75 Å². The van der Waals surface area contributed by atoms with Crippen LogP contribution in [0.15, 0.2) is 36.7 Å². The number of benzene rings is 1. The largest absolute Gasteiger partial charge is 0.497 e. The highest BCUT2D eigenvalue weighted by Gasteiger charge is 2.40. The van der Waals surface area contributed by atoms with Crippen LogP contribution in [0.3, 0.4) is 0 Å². The summed E-state index contributed by atoms with van der Waals surface area (Å²) >= 11 is 0. The van der Waals surface area contributed by atoms with Crippen LogP contribution in [0.4, 0.5) is 0 Å². The highest BCUT2D eigenvalue weighted by Crippen LogP contribution is 2.31. The van der Waals surface area contributed by atoms with Crippen molar-refractivity contribution in [1.82, 2.24) is 20.7 Å². The fraction of sp³-hybridized carbons (Fsp3) is 0.524. The fourth-order valence-electron chi connectivity index (χ4n) is 4.30. The van der Waals surface area contributed by atoms with Crippen LogP contribution in [0, 0.1) is 0 Å². The molecule has 1 saturated heterocycles. The van der Waals surface area contributed by atoms with Gasteiger partial charge in [-0.05, 0) is 37.0 Å². The second-order valence-electron chi connectivity index (χ2n) is 7.78. The van der Waals surface area contributed by atoms with Crippen LogP contribution in [0.1, 0.15) is 50.1 Å². The van der Waals surface area contributed by atoms with Crippen molar-refractivity contribution >= 4 is 11.8 Å². The topological polar surface area (TPSA) is 73.9 Å². The molecule has 2 N–H and O–H groups in total. The summed E-state index contributed by atoms with van der Waals surface area (Å²) in [5.41, 5.74) is 4.48. The van der Waals surface area contributed by atoms with Crippen LogP contribution in [0.25, 0.3) is 0 Å². The zero-order valence-electron chi connectivity index (χ0n) is 16.3. The molecule has 4 rings (SSSR count). The SMILES string of the molecule is COc1ccc(C2CC3C(=O)N(CC(=O)NC4CCCCC4)C=CN3N2)cc1. The quantitative estimate of drug-likeness (QED) is 0.813. The minimum atomic E-state index is -0.292. The molecule has 7 nitrogen and oxygen atoms in total. The van der Waals surface area contributed by atoms with Crippen molar-refractivity contribution in [3.63, 3.8) is 0 Å². The lowest BCUT2D eigenvalue weighted by Crippen LogP contribution is -2.51. The summed E-state index contributed by atoms with van der Waals surface area (Å²) in [5.74, 6) is 0.700. The zero-order chi connectivity index (χ0) is 19.5. The molecule has 3 aliphatic rings. The lowest BCUT2D eigenvalue weighted by Gasteiger charge is -2.32. The van der Waals surface area contributed by atoms with Crippen molar-refractivity contribution < 1.29 is 14.3 Å². The van der Waals surface area contributed by atoms with Crippen LogP contribution in [-0.2, 0) is 9.59 Å². The first-order valence-corrected chi connectivity index (χ1v) is 10.1. The summed E-state index contributed by atoms with van der Waals surface area (Å²) in [4.78, 5) is 26.8. The Morgan fingerprint density at radius 1 is 1.18 bits per heavy atom. The van der Waals surface area contributed by atoms with E-state index in [4.69, 9.17) is 4.74 Å². The maximum absolute atomic E-state index is 12.9. The molecule has 1 aromatic carbocycles. The Morgan fingerprint density at radius 2 is 1.93 bits per heavy atom. The molecular formula is C21H28N4O3. The number of nitrogens with zero attached hydrogens (tertiary/aromatic N) is 2. The Morgan fingerprint density at radius 3 is 2.64 bits per heavy atom. The van der Waals surface area contributed by atoms with E-state index in [-0.39, 0.29) is 36.5 Å². The lowest BCUT2D eigenvalue weighted by atomic mass is 9.95. The second kappa shape index (κ2) is 8.22. The number of rotatable bonds is 5. The fourth-order valence-corrected chi connectivity index (χ4v) is 4.30. The molecular weight excluding hydrogens is 356 g/mol. The Kier molecular flexibility index (Phi) is 5.52. The molecule has 1 saturated carbocycles. The number of carbonyl (C=O) groups excluding carboxylic acids is 2. The molecule has 2 unspecified atom stereocenters. The van der Waals surface area contributed by atoms with Gasteiger partial charge in [-0.2, -0.15) is 0 Å². The van der Waals surface area contributed by atoms with E-state index in [1.807, 2.05) is 35.5 Å². The van der Waals surface area contributed by atoms with Gasteiger partial charge in [-0.1, -0.05) is 31.4 Å².